The lowest BCUT2D eigenvalue weighted by Gasteiger charge is -2.18. The van der Waals surface area contributed by atoms with Crippen LogP contribution in [0.5, 0.6) is 0 Å². The Morgan fingerprint density at radius 2 is 1.89 bits per heavy atom. The normalized spacial score (nSPS) is 15.3. The number of nitrogens with one attached hydrogen (secondary N) is 2. The quantitative estimate of drug-likeness (QED) is 0.857. The molecule has 102 valence electrons. The summed E-state index contributed by atoms with van der Waals surface area (Å²) in [5.41, 5.74) is 1.15. The molecule has 2 rings (SSSR count). The van der Waals surface area contributed by atoms with Gasteiger partial charge >= 0.3 is 6.03 Å². The van der Waals surface area contributed by atoms with Crippen LogP contribution >= 0.6 is 0 Å². The first-order valence-electron chi connectivity index (χ1n) is 6.35. The molecule has 2 N–H and O–H groups in total. The molecule has 1 aliphatic rings. The van der Waals surface area contributed by atoms with Crippen molar-refractivity contribution in [1.29, 1.82) is 0 Å². The van der Waals surface area contributed by atoms with Crippen LogP contribution < -0.4 is 15.5 Å². The number of carbonyl (C=O) groups is 2. The Morgan fingerprint density at radius 3 is 2.37 bits per heavy atom. The van der Waals surface area contributed by atoms with E-state index in [0.29, 0.717) is 13.1 Å². The van der Waals surface area contributed by atoms with Crippen LogP contribution in [0.2, 0.25) is 0 Å². The molecule has 1 aromatic rings. The van der Waals surface area contributed by atoms with Crippen molar-refractivity contribution in [2.24, 2.45) is 5.41 Å². The van der Waals surface area contributed by atoms with Gasteiger partial charge in [0.05, 0.1) is 0 Å². The number of nitrogens with zero attached hydrogens (tertiary/aromatic N) is 1. The van der Waals surface area contributed by atoms with E-state index in [2.05, 4.69) is 10.6 Å². The summed E-state index contributed by atoms with van der Waals surface area (Å²) in [5, 5.41) is 5.60. The molecule has 0 aliphatic carbocycles. The third kappa shape index (κ3) is 3.05. The number of rotatable bonds is 2. The number of hydrogen-bond acceptors (Lipinski definition) is 2. The average Bonchev–Trinajstić information content (AvgIpc) is 2.75. The molecule has 0 atom stereocenters. The van der Waals surface area contributed by atoms with Crippen molar-refractivity contribution in [1.82, 2.24) is 5.32 Å². The van der Waals surface area contributed by atoms with Crippen molar-refractivity contribution in [3.63, 3.8) is 0 Å². The largest absolute Gasteiger partial charge is 0.336 e. The highest BCUT2D eigenvalue weighted by atomic mass is 16.2. The second-order valence-corrected chi connectivity index (χ2v) is 5.63. The Balaban J connectivity index is 2.07. The molecule has 1 aliphatic heterocycles. The molecular formula is C14H19N3O2. The zero-order valence-electron chi connectivity index (χ0n) is 11.5. The average molecular weight is 261 g/mol. The third-order valence-electron chi connectivity index (χ3n) is 2.97. The first-order chi connectivity index (χ1) is 8.88. The molecule has 3 amide bonds. The van der Waals surface area contributed by atoms with Gasteiger partial charge in [-0.3, -0.25) is 9.69 Å². The lowest BCUT2D eigenvalue weighted by atomic mass is 9.95. The van der Waals surface area contributed by atoms with Crippen molar-refractivity contribution >= 4 is 23.3 Å². The van der Waals surface area contributed by atoms with Gasteiger partial charge in [0, 0.05) is 29.9 Å². The Kier molecular flexibility index (Phi) is 3.46. The van der Waals surface area contributed by atoms with E-state index in [0.717, 1.165) is 11.4 Å². The molecular weight excluding hydrogens is 242 g/mol. The number of hydrogen-bond donors (Lipinski definition) is 2. The molecule has 0 aromatic heterocycles. The van der Waals surface area contributed by atoms with E-state index in [9.17, 15) is 9.59 Å². The minimum absolute atomic E-state index is 0.0286. The fourth-order valence-electron chi connectivity index (χ4n) is 1.76. The van der Waals surface area contributed by atoms with Gasteiger partial charge in [0.2, 0.25) is 5.91 Å². The molecule has 19 heavy (non-hydrogen) atoms. The van der Waals surface area contributed by atoms with Gasteiger partial charge in [-0.25, -0.2) is 4.79 Å². The fraction of sp³-hybridized carbons (Fsp3) is 0.429. The van der Waals surface area contributed by atoms with E-state index in [1.807, 2.05) is 45.0 Å². The monoisotopic (exact) mass is 261 g/mol. The van der Waals surface area contributed by atoms with E-state index >= 15 is 0 Å². The van der Waals surface area contributed by atoms with Crippen LogP contribution in [0.4, 0.5) is 16.2 Å². The molecule has 0 saturated carbocycles. The van der Waals surface area contributed by atoms with Gasteiger partial charge in [0.15, 0.2) is 0 Å². The topological polar surface area (TPSA) is 61.4 Å². The van der Waals surface area contributed by atoms with Gasteiger partial charge in [0.1, 0.15) is 0 Å². The van der Waals surface area contributed by atoms with Crippen LogP contribution in [0, 0.1) is 5.41 Å². The third-order valence-corrected chi connectivity index (χ3v) is 2.97. The van der Waals surface area contributed by atoms with Gasteiger partial charge in [-0.15, -0.1) is 0 Å². The number of amides is 3. The highest BCUT2D eigenvalue weighted by molar-refractivity contribution is 5.96. The molecule has 0 spiro atoms. The van der Waals surface area contributed by atoms with Crippen LogP contribution in [-0.4, -0.2) is 25.0 Å². The van der Waals surface area contributed by atoms with Gasteiger partial charge in [-0.05, 0) is 24.3 Å². The molecule has 0 bridgehead atoms. The molecule has 1 saturated heterocycles. The van der Waals surface area contributed by atoms with E-state index in [1.54, 1.807) is 4.90 Å². The Hall–Kier alpha value is -2.04. The number of carbonyl (C=O) groups excluding carboxylic acids is 2. The van der Waals surface area contributed by atoms with Crippen molar-refractivity contribution in [2.75, 3.05) is 23.3 Å². The van der Waals surface area contributed by atoms with Crippen molar-refractivity contribution in [3.8, 4) is 0 Å². The Labute approximate surface area is 113 Å². The lowest BCUT2D eigenvalue weighted by Crippen LogP contribution is -2.28. The van der Waals surface area contributed by atoms with Crippen LogP contribution in [0.3, 0.4) is 0 Å². The Morgan fingerprint density at radius 1 is 1.26 bits per heavy atom. The minimum Gasteiger partial charge on any atom is -0.336 e. The summed E-state index contributed by atoms with van der Waals surface area (Å²) in [6, 6.07) is 7.22. The summed E-state index contributed by atoms with van der Waals surface area (Å²) in [4.78, 5) is 25.0. The van der Waals surface area contributed by atoms with Crippen molar-refractivity contribution in [3.05, 3.63) is 24.3 Å². The van der Waals surface area contributed by atoms with Crippen molar-refractivity contribution in [2.45, 2.75) is 20.8 Å². The maximum atomic E-state index is 11.8. The number of urea groups is 1. The van der Waals surface area contributed by atoms with E-state index in [4.69, 9.17) is 0 Å². The summed E-state index contributed by atoms with van der Waals surface area (Å²) in [5.74, 6) is -0.0286. The molecule has 1 fully saturated rings. The molecule has 1 aromatic carbocycles. The standard InChI is InChI=1S/C14H19N3O2/c1-14(2,3)12(18)16-10-4-6-11(7-5-10)17-9-8-15-13(17)19/h4-7H,8-9H2,1-3H3,(H,15,19)(H,16,18). The second-order valence-electron chi connectivity index (χ2n) is 5.63. The van der Waals surface area contributed by atoms with Gasteiger partial charge in [-0.2, -0.15) is 0 Å². The molecule has 0 radical (unpaired) electrons. The molecule has 0 unspecified atom stereocenters. The highest BCUT2D eigenvalue weighted by Gasteiger charge is 2.22. The first-order valence-corrected chi connectivity index (χ1v) is 6.35. The van der Waals surface area contributed by atoms with Crippen LogP contribution in [0.1, 0.15) is 20.8 Å². The number of benzene rings is 1. The van der Waals surface area contributed by atoms with Gasteiger partial charge in [-0.1, -0.05) is 20.8 Å². The predicted octanol–water partition coefficient (Wildman–Crippen LogP) is 2.20. The van der Waals surface area contributed by atoms with E-state index in [1.165, 1.54) is 0 Å². The second kappa shape index (κ2) is 4.91. The maximum absolute atomic E-state index is 11.8. The van der Waals surface area contributed by atoms with Crippen molar-refractivity contribution < 1.29 is 9.59 Å². The lowest BCUT2D eigenvalue weighted by molar-refractivity contribution is -0.123. The summed E-state index contributed by atoms with van der Waals surface area (Å²) in [6.07, 6.45) is 0. The zero-order chi connectivity index (χ0) is 14.0. The van der Waals surface area contributed by atoms with Crippen LogP contribution in [0.15, 0.2) is 24.3 Å². The molecule has 1 heterocycles. The minimum atomic E-state index is -0.423. The van der Waals surface area contributed by atoms with Gasteiger partial charge < -0.3 is 10.6 Å². The van der Waals surface area contributed by atoms with Gasteiger partial charge in [0.25, 0.3) is 0 Å². The fourth-order valence-corrected chi connectivity index (χ4v) is 1.76. The van der Waals surface area contributed by atoms with E-state index in [-0.39, 0.29) is 11.9 Å². The molecule has 5 heteroatoms. The van der Waals surface area contributed by atoms with Crippen LogP contribution in [0.25, 0.3) is 0 Å². The Bertz CT molecular complexity index is 488. The molecule has 5 nitrogen and oxygen atoms in total. The summed E-state index contributed by atoms with van der Waals surface area (Å²) in [6.45, 7) is 6.94. The highest BCUT2D eigenvalue weighted by Crippen LogP contribution is 2.21. The summed E-state index contributed by atoms with van der Waals surface area (Å²) < 4.78 is 0. The summed E-state index contributed by atoms with van der Waals surface area (Å²) >= 11 is 0. The summed E-state index contributed by atoms with van der Waals surface area (Å²) in [7, 11) is 0. The SMILES string of the molecule is CC(C)(C)C(=O)Nc1ccc(N2CCNC2=O)cc1. The van der Waals surface area contributed by atoms with Crippen LogP contribution in [-0.2, 0) is 4.79 Å². The number of anilines is 2. The predicted molar refractivity (Wildman–Crippen MR) is 75.3 cm³/mol. The first kappa shape index (κ1) is 13.4. The smallest absolute Gasteiger partial charge is 0.321 e. The maximum Gasteiger partial charge on any atom is 0.321 e. The zero-order valence-corrected chi connectivity index (χ0v) is 11.5. The van der Waals surface area contributed by atoms with E-state index < -0.39 is 5.41 Å².